The van der Waals surface area contributed by atoms with E-state index in [2.05, 4.69) is 26.5 Å². The Morgan fingerprint density at radius 2 is 1.83 bits per heavy atom. The number of nitrogens with zero attached hydrogens (tertiary/aromatic N) is 1. The molecule has 1 amide bonds. The van der Waals surface area contributed by atoms with Crippen molar-refractivity contribution in [3.05, 3.63) is 97.9 Å². The fourth-order valence-corrected chi connectivity index (χ4v) is 4.42. The number of benzene rings is 4. The molecule has 0 unspecified atom stereocenters. The molecule has 35 heavy (non-hydrogen) atoms. The number of nitrogens with one attached hydrogen (secondary N) is 1. The molecule has 0 fully saturated rings. The van der Waals surface area contributed by atoms with E-state index in [-0.39, 0.29) is 17.9 Å². The molecule has 0 atom stereocenters. The van der Waals surface area contributed by atoms with E-state index >= 15 is 0 Å². The van der Waals surface area contributed by atoms with E-state index in [9.17, 15) is 9.90 Å². The number of ether oxygens (including phenoxy) is 2. The quantitative estimate of drug-likeness (QED) is 0.185. The molecule has 4 aromatic carbocycles. The fraction of sp³-hybridized carbons (Fsp3) is 0.0769. The molecular weight excluding hydrogens is 555 g/mol. The van der Waals surface area contributed by atoms with E-state index in [0.29, 0.717) is 31.6 Å². The fourth-order valence-electron chi connectivity index (χ4n) is 3.38. The minimum Gasteiger partial charge on any atom is -0.507 e. The standard InChI is InChI=1S/C26H19BrCl2N2O4/c1-34-24-9-15(8-21(27)25(24)35-14-18-6-7-19(28)12-22(18)29)13-30-31-26(33)20-10-16-4-2-3-5-17(16)11-23(20)32/h2-13,32H,14H2,1H3,(H,31,33). The zero-order valence-corrected chi connectivity index (χ0v) is 21.5. The lowest BCUT2D eigenvalue weighted by atomic mass is 10.1. The van der Waals surface area contributed by atoms with Gasteiger partial charge in [0.2, 0.25) is 0 Å². The number of phenols is 1. The van der Waals surface area contributed by atoms with Crippen LogP contribution in [0.15, 0.2) is 76.3 Å². The minimum absolute atomic E-state index is 0.122. The predicted molar refractivity (Wildman–Crippen MR) is 142 cm³/mol. The van der Waals surface area contributed by atoms with Crippen molar-refractivity contribution in [1.82, 2.24) is 5.43 Å². The molecule has 178 valence electrons. The number of hydrogen-bond acceptors (Lipinski definition) is 5. The van der Waals surface area contributed by atoms with Crippen molar-refractivity contribution >= 4 is 62.0 Å². The molecule has 2 N–H and O–H groups in total. The molecule has 0 heterocycles. The van der Waals surface area contributed by atoms with Crippen LogP contribution in [0.2, 0.25) is 10.0 Å². The van der Waals surface area contributed by atoms with E-state index in [1.54, 1.807) is 42.5 Å². The Hall–Kier alpha value is -3.26. The molecule has 0 saturated carbocycles. The van der Waals surface area contributed by atoms with Gasteiger partial charge in [0.25, 0.3) is 5.91 Å². The molecule has 9 heteroatoms. The Morgan fingerprint density at radius 1 is 1.09 bits per heavy atom. The molecule has 0 saturated heterocycles. The Labute approximate surface area is 220 Å². The summed E-state index contributed by atoms with van der Waals surface area (Å²) in [5, 5.41) is 17.0. The van der Waals surface area contributed by atoms with Crippen LogP contribution in [-0.4, -0.2) is 24.3 Å². The summed E-state index contributed by atoms with van der Waals surface area (Å²) < 4.78 is 12.0. The van der Waals surface area contributed by atoms with Crippen molar-refractivity contribution in [2.45, 2.75) is 6.61 Å². The van der Waals surface area contributed by atoms with Crippen molar-refractivity contribution < 1.29 is 19.4 Å². The van der Waals surface area contributed by atoms with E-state index < -0.39 is 5.91 Å². The Balaban J connectivity index is 1.47. The number of amides is 1. The highest BCUT2D eigenvalue weighted by Crippen LogP contribution is 2.37. The van der Waals surface area contributed by atoms with E-state index in [0.717, 1.165) is 16.3 Å². The number of fused-ring (bicyclic) bond motifs is 1. The highest BCUT2D eigenvalue weighted by atomic mass is 79.9. The van der Waals surface area contributed by atoms with E-state index in [1.165, 1.54) is 13.3 Å². The summed E-state index contributed by atoms with van der Waals surface area (Å²) in [7, 11) is 1.52. The summed E-state index contributed by atoms with van der Waals surface area (Å²) in [4.78, 5) is 12.6. The topological polar surface area (TPSA) is 80.2 Å². The first kappa shape index (κ1) is 24.9. The van der Waals surface area contributed by atoms with Crippen LogP contribution < -0.4 is 14.9 Å². The molecule has 4 aromatic rings. The number of methoxy groups -OCH3 is 1. The number of hydrogen-bond donors (Lipinski definition) is 2. The van der Waals surface area contributed by atoms with Gasteiger partial charge in [-0.25, -0.2) is 5.43 Å². The van der Waals surface area contributed by atoms with Crippen LogP contribution in [0, 0.1) is 0 Å². The van der Waals surface area contributed by atoms with Crippen molar-refractivity contribution in [2.24, 2.45) is 5.10 Å². The van der Waals surface area contributed by atoms with Gasteiger partial charge in [-0.15, -0.1) is 0 Å². The summed E-state index contributed by atoms with van der Waals surface area (Å²) in [5.74, 6) is 0.295. The Kier molecular flexibility index (Phi) is 7.80. The molecule has 0 radical (unpaired) electrons. The molecule has 0 aliphatic rings. The SMILES string of the molecule is COc1cc(C=NNC(=O)c2cc3ccccc3cc2O)cc(Br)c1OCc1ccc(Cl)cc1Cl. The van der Waals surface area contributed by atoms with Crippen LogP contribution in [0.1, 0.15) is 21.5 Å². The monoisotopic (exact) mass is 572 g/mol. The Morgan fingerprint density at radius 3 is 2.54 bits per heavy atom. The number of halogens is 3. The molecular formula is C26H19BrCl2N2O4. The third-order valence-corrected chi connectivity index (χ3v) is 6.30. The zero-order chi connectivity index (χ0) is 24.9. The maximum absolute atomic E-state index is 12.6. The maximum atomic E-state index is 12.6. The van der Waals surface area contributed by atoms with Crippen LogP contribution in [0.5, 0.6) is 17.2 Å². The van der Waals surface area contributed by atoms with Crippen LogP contribution in [0.3, 0.4) is 0 Å². The lowest BCUT2D eigenvalue weighted by Crippen LogP contribution is -2.17. The largest absolute Gasteiger partial charge is 0.507 e. The summed E-state index contributed by atoms with van der Waals surface area (Å²) in [6, 6.07) is 19.3. The van der Waals surface area contributed by atoms with Crippen LogP contribution in [0.4, 0.5) is 0 Å². The summed E-state index contributed by atoms with van der Waals surface area (Å²) in [6.07, 6.45) is 1.46. The molecule has 4 rings (SSSR count). The molecule has 0 spiro atoms. The summed E-state index contributed by atoms with van der Waals surface area (Å²) in [5.41, 5.74) is 3.99. The van der Waals surface area contributed by atoms with Gasteiger partial charge in [-0.1, -0.05) is 53.5 Å². The predicted octanol–water partition coefficient (Wildman–Crippen LogP) is 6.97. The number of rotatable bonds is 7. The molecule has 0 bridgehead atoms. The zero-order valence-electron chi connectivity index (χ0n) is 18.4. The van der Waals surface area contributed by atoms with Gasteiger partial charge in [-0.05, 0) is 68.7 Å². The first-order chi connectivity index (χ1) is 16.9. The van der Waals surface area contributed by atoms with Gasteiger partial charge < -0.3 is 14.6 Å². The van der Waals surface area contributed by atoms with Crippen LogP contribution >= 0.6 is 39.1 Å². The first-order valence-electron chi connectivity index (χ1n) is 10.3. The number of carbonyl (C=O) groups is 1. The third kappa shape index (κ3) is 5.88. The number of carbonyl (C=O) groups excluding carboxylic acids is 1. The van der Waals surface area contributed by atoms with Gasteiger partial charge in [0.1, 0.15) is 12.4 Å². The Bertz CT molecular complexity index is 1440. The second kappa shape index (κ2) is 11.0. The number of hydrazone groups is 1. The maximum Gasteiger partial charge on any atom is 0.275 e. The van der Waals surface area contributed by atoms with Crippen molar-refractivity contribution in [1.29, 1.82) is 0 Å². The number of aromatic hydroxyl groups is 1. The lowest BCUT2D eigenvalue weighted by Gasteiger charge is -2.14. The van der Waals surface area contributed by atoms with Gasteiger partial charge in [-0.3, -0.25) is 4.79 Å². The molecule has 6 nitrogen and oxygen atoms in total. The highest BCUT2D eigenvalue weighted by Gasteiger charge is 2.14. The summed E-state index contributed by atoms with van der Waals surface area (Å²) in [6.45, 7) is 0.212. The molecule has 0 aliphatic carbocycles. The van der Waals surface area contributed by atoms with Gasteiger partial charge >= 0.3 is 0 Å². The van der Waals surface area contributed by atoms with Crippen molar-refractivity contribution in [3.63, 3.8) is 0 Å². The second-order valence-electron chi connectivity index (χ2n) is 7.47. The van der Waals surface area contributed by atoms with Crippen LogP contribution in [0.25, 0.3) is 10.8 Å². The van der Waals surface area contributed by atoms with Crippen LogP contribution in [-0.2, 0) is 6.61 Å². The van der Waals surface area contributed by atoms with Gasteiger partial charge in [0.05, 0.1) is 23.4 Å². The smallest absolute Gasteiger partial charge is 0.275 e. The first-order valence-corrected chi connectivity index (χ1v) is 11.9. The third-order valence-electron chi connectivity index (χ3n) is 5.13. The summed E-state index contributed by atoms with van der Waals surface area (Å²) >= 11 is 15.7. The van der Waals surface area contributed by atoms with Crippen molar-refractivity contribution in [3.8, 4) is 17.2 Å². The second-order valence-corrected chi connectivity index (χ2v) is 9.17. The highest BCUT2D eigenvalue weighted by molar-refractivity contribution is 9.10. The van der Waals surface area contributed by atoms with E-state index in [1.807, 2.05) is 24.3 Å². The van der Waals surface area contributed by atoms with E-state index in [4.69, 9.17) is 32.7 Å². The van der Waals surface area contributed by atoms with Crippen molar-refractivity contribution in [2.75, 3.05) is 7.11 Å². The molecule has 0 aliphatic heterocycles. The minimum atomic E-state index is -0.532. The average molecular weight is 574 g/mol. The lowest BCUT2D eigenvalue weighted by molar-refractivity contribution is 0.0952. The molecule has 0 aromatic heterocycles. The van der Waals surface area contributed by atoms with Gasteiger partial charge in [0, 0.05) is 15.6 Å². The van der Waals surface area contributed by atoms with Gasteiger partial charge in [-0.2, -0.15) is 5.10 Å². The average Bonchev–Trinajstić information content (AvgIpc) is 2.83. The normalized spacial score (nSPS) is 11.1. The van der Waals surface area contributed by atoms with Gasteiger partial charge in [0.15, 0.2) is 11.5 Å². The number of phenolic OH excluding ortho intramolecular Hbond substituents is 1.